The van der Waals surface area contributed by atoms with Crippen molar-refractivity contribution in [1.82, 2.24) is 15.1 Å². The highest BCUT2D eigenvalue weighted by Gasteiger charge is 2.31. The highest BCUT2D eigenvalue weighted by atomic mass is 16.2. The van der Waals surface area contributed by atoms with Gasteiger partial charge in [0.15, 0.2) is 0 Å². The summed E-state index contributed by atoms with van der Waals surface area (Å²) in [5.74, 6) is 0.278. The van der Waals surface area contributed by atoms with E-state index < -0.39 is 0 Å². The lowest BCUT2D eigenvalue weighted by Gasteiger charge is -2.28. The molecule has 0 aliphatic carbocycles. The highest BCUT2D eigenvalue weighted by molar-refractivity contribution is 5.94. The largest absolute Gasteiger partial charge is 0.337 e. The first kappa shape index (κ1) is 12.2. The second-order valence-corrected chi connectivity index (χ2v) is 5.77. The topological polar surface area (TPSA) is 35.6 Å². The minimum absolute atomic E-state index is 0.278. The van der Waals surface area contributed by atoms with Gasteiger partial charge < -0.3 is 10.2 Å². The van der Waals surface area contributed by atoms with Crippen LogP contribution in [0.4, 0.5) is 0 Å². The normalized spacial score (nSPS) is 28.6. The fourth-order valence-electron chi connectivity index (χ4n) is 3.29. The number of hydrogen-bond acceptors (Lipinski definition) is 3. The van der Waals surface area contributed by atoms with Gasteiger partial charge in [-0.1, -0.05) is 0 Å². The van der Waals surface area contributed by atoms with Crippen molar-refractivity contribution in [1.29, 1.82) is 0 Å². The average molecular weight is 249 g/mol. The number of rotatable bonds is 1. The Morgan fingerprint density at radius 3 is 2.72 bits per heavy atom. The van der Waals surface area contributed by atoms with E-state index in [0.29, 0.717) is 6.04 Å². The molecule has 0 bridgehead atoms. The average Bonchev–Trinajstić information content (AvgIpc) is 2.63. The molecule has 3 rings (SSSR count). The summed E-state index contributed by atoms with van der Waals surface area (Å²) in [4.78, 5) is 17.2. The maximum Gasteiger partial charge on any atom is 0.249 e. The summed E-state index contributed by atoms with van der Waals surface area (Å²) in [6.07, 6.45) is 3.70. The first-order chi connectivity index (χ1) is 8.75. The van der Waals surface area contributed by atoms with E-state index in [-0.39, 0.29) is 5.91 Å². The molecule has 0 saturated carbocycles. The summed E-state index contributed by atoms with van der Waals surface area (Å²) >= 11 is 0. The first-order valence-electron chi connectivity index (χ1n) is 7.18. The van der Waals surface area contributed by atoms with Crippen LogP contribution in [0.15, 0.2) is 11.1 Å². The Balaban J connectivity index is 1.69. The van der Waals surface area contributed by atoms with Crippen LogP contribution in [0.5, 0.6) is 0 Å². The van der Waals surface area contributed by atoms with Crippen LogP contribution < -0.4 is 5.32 Å². The molecule has 0 radical (unpaired) electrons. The molecule has 100 valence electrons. The van der Waals surface area contributed by atoms with Crippen LogP contribution in [0.2, 0.25) is 0 Å². The molecule has 1 unspecified atom stereocenters. The second-order valence-electron chi connectivity index (χ2n) is 5.77. The lowest BCUT2D eigenvalue weighted by Crippen LogP contribution is -2.42. The van der Waals surface area contributed by atoms with Gasteiger partial charge in [-0.15, -0.1) is 0 Å². The van der Waals surface area contributed by atoms with Crippen molar-refractivity contribution in [2.75, 3.05) is 39.3 Å². The molecule has 3 fully saturated rings. The molecule has 0 spiro atoms. The van der Waals surface area contributed by atoms with Gasteiger partial charge in [-0.05, 0) is 38.3 Å². The molecule has 1 amide bonds. The van der Waals surface area contributed by atoms with Crippen molar-refractivity contribution >= 4 is 5.91 Å². The van der Waals surface area contributed by atoms with Crippen molar-refractivity contribution in [3.8, 4) is 0 Å². The monoisotopic (exact) mass is 249 g/mol. The SMILES string of the molecule is CC(C(=O)N1CCCN2CCCC2C1)=C1CNC1. The predicted octanol–water partition coefficient (Wildman–Crippen LogP) is 0.603. The van der Waals surface area contributed by atoms with E-state index in [4.69, 9.17) is 0 Å². The molecule has 1 atom stereocenters. The van der Waals surface area contributed by atoms with E-state index in [1.54, 1.807) is 0 Å². The summed E-state index contributed by atoms with van der Waals surface area (Å²) in [5, 5.41) is 3.21. The molecule has 0 aromatic heterocycles. The van der Waals surface area contributed by atoms with Crippen LogP contribution in [-0.2, 0) is 4.79 Å². The van der Waals surface area contributed by atoms with Gasteiger partial charge >= 0.3 is 0 Å². The van der Waals surface area contributed by atoms with Gasteiger partial charge in [0.25, 0.3) is 0 Å². The third-order valence-corrected chi connectivity index (χ3v) is 4.62. The van der Waals surface area contributed by atoms with Crippen LogP contribution >= 0.6 is 0 Å². The van der Waals surface area contributed by atoms with Crippen molar-refractivity contribution < 1.29 is 4.79 Å². The zero-order chi connectivity index (χ0) is 12.5. The summed E-state index contributed by atoms with van der Waals surface area (Å²) in [5.41, 5.74) is 2.28. The van der Waals surface area contributed by atoms with Gasteiger partial charge in [-0.2, -0.15) is 0 Å². The van der Waals surface area contributed by atoms with E-state index in [0.717, 1.165) is 38.2 Å². The van der Waals surface area contributed by atoms with Crippen molar-refractivity contribution in [2.24, 2.45) is 0 Å². The molecule has 1 N–H and O–H groups in total. The number of amides is 1. The third-order valence-electron chi connectivity index (χ3n) is 4.62. The molecular formula is C14H23N3O. The van der Waals surface area contributed by atoms with Gasteiger partial charge in [0.05, 0.1) is 0 Å². The fraction of sp³-hybridized carbons (Fsp3) is 0.786. The van der Waals surface area contributed by atoms with Crippen LogP contribution in [0, 0.1) is 0 Å². The van der Waals surface area contributed by atoms with E-state index in [1.807, 2.05) is 6.92 Å². The van der Waals surface area contributed by atoms with Gasteiger partial charge in [0.1, 0.15) is 0 Å². The van der Waals surface area contributed by atoms with Gasteiger partial charge in [-0.25, -0.2) is 0 Å². The molecule has 3 saturated heterocycles. The lowest BCUT2D eigenvalue weighted by molar-refractivity contribution is -0.127. The van der Waals surface area contributed by atoms with E-state index >= 15 is 0 Å². The summed E-state index contributed by atoms with van der Waals surface area (Å²) < 4.78 is 0. The number of carbonyl (C=O) groups excluding carboxylic acids is 1. The molecular weight excluding hydrogens is 226 g/mol. The first-order valence-corrected chi connectivity index (χ1v) is 7.18. The number of carbonyl (C=O) groups is 1. The van der Waals surface area contributed by atoms with Crippen molar-refractivity contribution in [3.05, 3.63) is 11.1 Å². The zero-order valence-corrected chi connectivity index (χ0v) is 11.2. The molecule has 3 aliphatic rings. The van der Waals surface area contributed by atoms with E-state index in [9.17, 15) is 4.79 Å². The Kier molecular flexibility index (Phi) is 3.39. The Bertz CT molecular complexity index is 371. The number of nitrogens with one attached hydrogen (secondary N) is 1. The van der Waals surface area contributed by atoms with Gasteiger partial charge in [0.2, 0.25) is 5.91 Å². The molecule has 3 aliphatic heterocycles. The van der Waals surface area contributed by atoms with Crippen molar-refractivity contribution in [3.63, 3.8) is 0 Å². The Labute approximate surface area is 109 Å². The third kappa shape index (κ3) is 2.19. The fourth-order valence-corrected chi connectivity index (χ4v) is 3.29. The Morgan fingerprint density at radius 1 is 1.22 bits per heavy atom. The zero-order valence-electron chi connectivity index (χ0n) is 11.2. The lowest BCUT2D eigenvalue weighted by atomic mass is 10.0. The molecule has 0 aromatic rings. The van der Waals surface area contributed by atoms with Crippen LogP contribution in [0.25, 0.3) is 0 Å². The summed E-state index contributed by atoms with van der Waals surface area (Å²) in [6, 6.07) is 0.619. The summed E-state index contributed by atoms with van der Waals surface area (Å²) in [6.45, 7) is 8.08. The number of hydrogen-bond donors (Lipinski definition) is 1. The quantitative estimate of drug-likeness (QED) is 0.691. The van der Waals surface area contributed by atoms with Gasteiger partial charge in [-0.3, -0.25) is 9.69 Å². The van der Waals surface area contributed by atoms with Crippen molar-refractivity contribution in [2.45, 2.75) is 32.2 Å². The molecule has 3 heterocycles. The van der Waals surface area contributed by atoms with E-state index in [2.05, 4.69) is 15.1 Å². The highest BCUT2D eigenvalue weighted by Crippen LogP contribution is 2.22. The maximum absolute atomic E-state index is 12.5. The molecule has 4 heteroatoms. The molecule has 18 heavy (non-hydrogen) atoms. The van der Waals surface area contributed by atoms with Crippen LogP contribution in [0.3, 0.4) is 0 Å². The molecule has 4 nitrogen and oxygen atoms in total. The number of nitrogens with zero attached hydrogens (tertiary/aromatic N) is 2. The van der Waals surface area contributed by atoms with E-state index in [1.165, 1.54) is 31.5 Å². The minimum Gasteiger partial charge on any atom is -0.337 e. The standard InChI is InChI=1S/C14H23N3O/c1-11(12-8-15-9-12)14(18)17-7-3-6-16-5-2-4-13(16)10-17/h13,15H,2-10H2,1H3. The Hall–Kier alpha value is -0.870. The summed E-state index contributed by atoms with van der Waals surface area (Å²) in [7, 11) is 0. The second kappa shape index (κ2) is 5.02. The minimum atomic E-state index is 0.278. The maximum atomic E-state index is 12.5. The van der Waals surface area contributed by atoms with Gasteiger partial charge in [0, 0.05) is 44.3 Å². The smallest absolute Gasteiger partial charge is 0.249 e. The molecule has 0 aromatic carbocycles. The van der Waals surface area contributed by atoms with Crippen LogP contribution in [-0.4, -0.2) is 61.0 Å². The predicted molar refractivity (Wildman–Crippen MR) is 71.4 cm³/mol. The van der Waals surface area contributed by atoms with Crippen LogP contribution in [0.1, 0.15) is 26.2 Å². The number of fused-ring (bicyclic) bond motifs is 1. The Morgan fingerprint density at radius 2 is 2.00 bits per heavy atom.